The third-order valence-electron chi connectivity index (χ3n) is 4.04. The third-order valence-corrected chi connectivity index (χ3v) is 4.04. The maximum absolute atomic E-state index is 12.3. The summed E-state index contributed by atoms with van der Waals surface area (Å²) in [6.07, 6.45) is 3.35. The molecule has 27 heavy (non-hydrogen) atoms. The number of nitrogens with zero attached hydrogens (tertiary/aromatic N) is 3. The standard InChI is InChI=1S/C21H16N4O2/c26-20(23-13-15-5-2-1-3-6-15)17-10-8-16(9-11-17)19-24-21(27-25-19)18-7-4-12-22-14-18/h1-12,14H,13H2,(H,23,26). The Bertz CT molecular complexity index is 1030. The molecule has 0 spiro atoms. The topological polar surface area (TPSA) is 80.9 Å². The van der Waals surface area contributed by atoms with E-state index >= 15 is 0 Å². The maximum Gasteiger partial charge on any atom is 0.259 e. The summed E-state index contributed by atoms with van der Waals surface area (Å²) in [5.74, 6) is 0.738. The Morgan fingerprint density at radius 2 is 1.74 bits per heavy atom. The molecule has 0 saturated heterocycles. The summed E-state index contributed by atoms with van der Waals surface area (Å²) in [4.78, 5) is 20.7. The number of nitrogens with one attached hydrogen (secondary N) is 1. The van der Waals surface area contributed by atoms with Crippen LogP contribution in [0.5, 0.6) is 0 Å². The molecule has 4 aromatic rings. The number of rotatable bonds is 5. The van der Waals surface area contributed by atoms with E-state index in [-0.39, 0.29) is 5.91 Å². The van der Waals surface area contributed by atoms with Gasteiger partial charge in [-0.05, 0) is 29.8 Å². The van der Waals surface area contributed by atoms with Crippen molar-refractivity contribution in [2.24, 2.45) is 0 Å². The van der Waals surface area contributed by atoms with Gasteiger partial charge in [0.05, 0.1) is 5.56 Å². The van der Waals surface area contributed by atoms with Crippen molar-refractivity contribution in [3.05, 3.63) is 90.3 Å². The highest BCUT2D eigenvalue weighted by molar-refractivity contribution is 5.94. The highest BCUT2D eigenvalue weighted by Gasteiger charge is 2.12. The van der Waals surface area contributed by atoms with Gasteiger partial charge < -0.3 is 9.84 Å². The highest BCUT2D eigenvalue weighted by atomic mass is 16.5. The van der Waals surface area contributed by atoms with Gasteiger partial charge in [-0.25, -0.2) is 0 Å². The Morgan fingerprint density at radius 3 is 2.48 bits per heavy atom. The van der Waals surface area contributed by atoms with Crippen LogP contribution in [0.25, 0.3) is 22.8 Å². The maximum atomic E-state index is 12.3. The van der Waals surface area contributed by atoms with Crippen LogP contribution < -0.4 is 5.32 Å². The molecule has 132 valence electrons. The SMILES string of the molecule is O=C(NCc1ccccc1)c1ccc(-c2noc(-c3cccnc3)n2)cc1. The first-order valence-corrected chi connectivity index (χ1v) is 8.46. The second kappa shape index (κ2) is 7.61. The molecule has 0 radical (unpaired) electrons. The Labute approximate surface area is 155 Å². The molecular weight excluding hydrogens is 340 g/mol. The zero-order valence-electron chi connectivity index (χ0n) is 14.4. The minimum absolute atomic E-state index is 0.130. The average Bonchev–Trinajstić information content (AvgIpc) is 3.24. The fourth-order valence-electron chi connectivity index (χ4n) is 2.60. The fourth-order valence-corrected chi connectivity index (χ4v) is 2.60. The number of benzene rings is 2. The van der Waals surface area contributed by atoms with E-state index in [1.54, 1.807) is 36.7 Å². The minimum Gasteiger partial charge on any atom is -0.348 e. The minimum atomic E-state index is -0.130. The van der Waals surface area contributed by atoms with Gasteiger partial charge in [0, 0.05) is 30.1 Å². The van der Waals surface area contributed by atoms with E-state index in [0.29, 0.717) is 23.8 Å². The molecule has 0 unspecified atom stereocenters. The molecule has 1 N–H and O–H groups in total. The normalized spacial score (nSPS) is 10.5. The van der Waals surface area contributed by atoms with E-state index in [1.807, 2.05) is 42.5 Å². The molecular formula is C21H16N4O2. The number of aromatic nitrogens is 3. The Balaban J connectivity index is 1.44. The van der Waals surface area contributed by atoms with Gasteiger partial charge in [-0.2, -0.15) is 4.98 Å². The second-order valence-corrected chi connectivity index (χ2v) is 5.91. The Kier molecular flexibility index (Phi) is 4.70. The molecule has 4 rings (SSSR count). The van der Waals surface area contributed by atoms with E-state index in [9.17, 15) is 4.79 Å². The molecule has 0 aliphatic rings. The van der Waals surface area contributed by atoms with Crippen LogP contribution in [-0.2, 0) is 6.54 Å². The summed E-state index contributed by atoms with van der Waals surface area (Å²) in [5.41, 5.74) is 3.16. The molecule has 0 atom stereocenters. The quantitative estimate of drug-likeness (QED) is 0.589. The van der Waals surface area contributed by atoms with Crippen molar-refractivity contribution < 1.29 is 9.32 Å². The number of pyridine rings is 1. The molecule has 2 aromatic heterocycles. The second-order valence-electron chi connectivity index (χ2n) is 5.91. The van der Waals surface area contributed by atoms with Crippen LogP contribution in [0.3, 0.4) is 0 Å². The summed E-state index contributed by atoms with van der Waals surface area (Å²) < 4.78 is 5.29. The highest BCUT2D eigenvalue weighted by Crippen LogP contribution is 2.21. The number of hydrogen-bond acceptors (Lipinski definition) is 5. The molecule has 0 aliphatic carbocycles. The van der Waals surface area contributed by atoms with Gasteiger partial charge in [0.2, 0.25) is 5.82 Å². The first kappa shape index (κ1) is 16.7. The van der Waals surface area contributed by atoms with Crippen LogP contribution in [0.4, 0.5) is 0 Å². The number of amides is 1. The van der Waals surface area contributed by atoms with E-state index in [0.717, 1.165) is 16.7 Å². The lowest BCUT2D eigenvalue weighted by Crippen LogP contribution is -2.22. The molecule has 2 heterocycles. The summed E-state index contributed by atoms with van der Waals surface area (Å²) in [6, 6.07) is 20.5. The summed E-state index contributed by atoms with van der Waals surface area (Å²) in [6.45, 7) is 0.487. The van der Waals surface area contributed by atoms with Gasteiger partial charge in [-0.15, -0.1) is 0 Å². The molecule has 6 nitrogen and oxygen atoms in total. The first-order chi connectivity index (χ1) is 13.3. The van der Waals surface area contributed by atoms with Crippen molar-refractivity contribution in [2.75, 3.05) is 0 Å². The number of carbonyl (C=O) groups excluding carboxylic acids is 1. The van der Waals surface area contributed by atoms with Gasteiger partial charge >= 0.3 is 0 Å². The van der Waals surface area contributed by atoms with Crippen molar-refractivity contribution in [1.82, 2.24) is 20.4 Å². The summed E-state index contributed by atoms with van der Waals surface area (Å²) in [7, 11) is 0. The van der Waals surface area contributed by atoms with Crippen molar-refractivity contribution in [1.29, 1.82) is 0 Å². The van der Waals surface area contributed by atoms with Gasteiger partial charge in [0.25, 0.3) is 11.8 Å². The largest absolute Gasteiger partial charge is 0.348 e. The van der Waals surface area contributed by atoms with E-state index < -0.39 is 0 Å². The molecule has 0 bridgehead atoms. The summed E-state index contributed by atoms with van der Waals surface area (Å²) >= 11 is 0. The van der Waals surface area contributed by atoms with Crippen LogP contribution in [0, 0.1) is 0 Å². The molecule has 2 aromatic carbocycles. The predicted octanol–water partition coefficient (Wildman–Crippen LogP) is 3.73. The van der Waals surface area contributed by atoms with Crippen molar-refractivity contribution in [3.8, 4) is 22.8 Å². The van der Waals surface area contributed by atoms with Gasteiger partial charge in [-0.1, -0.05) is 47.6 Å². The van der Waals surface area contributed by atoms with E-state index in [1.165, 1.54) is 0 Å². The van der Waals surface area contributed by atoms with Crippen LogP contribution in [0.2, 0.25) is 0 Å². The number of hydrogen-bond donors (Lipinski definition) is 1. The lowest BCUT2D eigenvalue weighted by molar-refractivity contribution is 0.0951. The lowest BCUT2D eigenvalue weighted by atomic mass is 10.1. The van der Waals surface area contributed by atoms with Crippen molar-refractivity contribution >= 4 is 5.91 Å². The fraction of sp³-hybridized carbons (Fsp3) is 0.0476. The van der Waals surface area contributed by atoms with Crippen LogP contribution in [0.15, 0.2) is 83.6 Å². The average molecular weight is 356 g/mol. The van der Waals surface area contributed by atoms with Crippen LogP contribution in [0.1, 0.15) is 15.9 Å². The monoisotopic (exact) mass is 356 g/mol. The number of carbonyl (C=O) groups is 1. The smallest absolute Gasteiger partial charge is 0.259 e. The first-order valence-electron chi connectivity index (χ1n) is 8.46. The van der Waals surface area contributed by atoms with Gasteiger partial charge in [0.1, 0.15) is 0 Å². The predicted molar refractivity (Wildman–Crippen MR) is 101 cm³/mol. The van der Waals surface area contributed by atoms with Gasteiger partial charge in [0.15, 0.2) is 0 Å². The molecule has 0 fully saturated rings. The van der Waals surface area contributed by atoms with Crippen LogP contribution in [-0.4, -0.2) is 21.0 Å². The Hall–Kier alpha value is -3.80. The van der Waals surface area contributed by atoms with E-state index in [4.69, 9.17) is 4.52 Å². The molecule has 6 heteroatoms. The zero-order valence-corrected chi connectivity index (χ0v) is 14.4. The lowest BCUT2D eigenvalue weighted by Gasteiger charge is -2.05. The molecule has 1 amide bonds. The van der Waals surface area contributed by atoms with Crippen LogP contribution >= 0.6 is 0 Å². The van der Waals surface area contributed by atoms with Gasteiger partial charge in [-0.3, -0.25) is 9.78 Å². The summed E-state index contributed by atoms with van der Waals surface area (Å²) in [5, 5.41) is 6.90. The third kappa shape index (κ3) is 3.90. The Morgan fingerprint density at radius 1 is 0.926 bits per heavy atom. The van der Waals surface area contributed by atoms with E-state index in [2.05, 4.69) is 20.4 Å². The molecule has 0 saturated carbocycles. The van der Waals surface area contributed by atoms with Crippen molar-refractivity contribution in [3.63, 3.8) is 0 Å². The molecule has 0 aliphatic heterocycles. The zero-order chi connectivity index (χ0) is 18.5. The van der Waals surface area contributed by atoms with Crippen molar-refractivity contribution in [2.45, 2.75) is 6.54 Å².